The highest BCUT2D eigenvalue weighted by Crippen LogP contribution is 2.29. The number of amides is 1. The maximum absolute atomic E-state index is 12.8. The van der Waals surface area contributed by atoms with E-state index in [1.54, 1.807) is 36.4 Å². The first kappa shape index (κ1) is 26.0. The molecule has 8 heteroatoms. The molecule has 0 radical (unpaired) electrons. The second kappa shape index (κ2) is 11.9. The average Bonchev–Trinajstić information content (AvgIpc) is 3.35. The summed E-state index contributed by atoms with van der Waals surface area (Å²) in [5, 5.41) is 12.9. The molecule has 4 aromatic rings. The Bertz CT molecular complexity index is 1550. The molecular weight excluding hydrogens is 508 g/mol. The van der Waals surface area contributed by atoms with Crippen molar-refractivity contribution >= 4 is 34.4 Å². The van der Waals surface area contributed by atoms with Gasteiger partial charge in [0.15, 0.2) is 5.13 Å². The number of ether oxygens (including phenoxy) is 1. The van der Waals surface area contributed by atoms with Gasteiger partial charge in [0.2, 0.25) is 0 Å². The summed E-state index contributed by atoms with van der Waals surface area (Å²) < 4.78 is 5.42. The van der Waals surface area contributed by atoms with Gasteiger partial charge in [-0.25, -0.2) is 9.78 Å². The number of aromatic nitrogens is 1. The van der Waals surface area contributed by atoms with E-state index in [9.17, 15) is 14.9 Å². The molecule has 5 rings (SSSR count). The Hall–Kier alpha value is -4.58. The van der Waals surface area contributed by atoms with Crippen molar-refractivity contribution in [2.24, 2.45) is 0 Å². The molecule has 3 aromatic carbocycles. The van der Waals surface area contributed by atoms with Gasteiger partial charge in [-0.05, 0) is 48.4 Å². The minimum absolute atomic E-state index is 0.0433. The van der Waals surface area contributed by atoms with E-state index in [1.165, 1.54) is 23.0 Å². The molecule has 2 heterocycles. The predicted octanol–water partition coefficient (Wildman–Crippen LogP) is 5.77. The van der Waals surface area contributed by atoms with Crippen LogP contribution in [0.5, 0.6) is 5.75 Å². The minimum atomic E-state index is -0.514. The van der Waals surface area contributed by atoms with E-state index in [4.69, 9.17) is 4.74 Å². The molecule has 1 amide bonds. The molecule has 7 nitrogen and oxygen atoms in total. The van der Waals surface area contributed by atoms with Crippen molar-refractivity contribution in [2.45, 2.75) is 26.4 Å². The average molecular weight is 535 g/mol. The summed E-state index contributed by atoms with van der Waals surface area (Å²) in [4.78, 5) is 33.3. The molecule has 0 bridgehead atoms. The fourth-order valence-corrected chi connectivity index (χ4v) is 5.29. The number of nitrogens with one attached hydrogen (secondary N) is 1. The van der Waals surface area contributed by atoms with Crippen molar-refractivity contribution in [3.63, 3.8) is 0 Å². The van der Waals surface area contributed by atoms with E-state index in [-0.39, 0.29) is 5.57 Å². The van der Waals surface area contributed by atoms with Gasteiger partial charge in [-0.2, -0.15) is 5.26 Å². The fraction of sp³-hybridized carbons (Fsp3) is 0.161. The molecule has 1 N–H and O–H groups in total. The van der Waals surface area contributed by atoms with Crippen molar-refractivity contribution in [1.82, 2.24) is 9.88 Å². The Kier molecular flexibility index (Phi) is 7.92. The number of anilines is 1. The van der Waals surface area contributed by atoms with Gasteiger partial charge in [0.1, 0.15) is 17.4 Å². The zero-order valence-corrected chi connectivity index (χ0v) is 22.2. The van der Waals surface area contributed by atoms with E-state index < -0.39 is 11.9 Å². The van der Waals surface area contributed by atoms with Gasteiger partial charge in [-0.3, -0.25) is 15.0 Å². The Morgan fingerprint density at radius 3 is 2.54 bits per heavy atom. The number of benzene rings is 3. The Morgan fingerprint density at radius 2 is 1.82 bits per heavy atom. The van der Waals surface area contributed by atoms with Crippen LogP contribution in [0.3, 0.4) is 0 Å². The van der Waals surface area contributed by atoms with Gasteiger partial charge in [0.25, 0.3) is 5.91 Å². The zero-order valence-electron chi connectivity index (χ0n) is 21.4. The van der Waals surface area contributed by atoms with Crippen LogP contribution in [0.4, 0.5) is 5.13 Å². The quantitative estimate of drug-likeness (QED) is 0.140. The summed E-state index contributed by atoms with van der Waals surface area (Å²) in [6, 6.07) is 26.1. The Morgan fingerprint density at radius 1 is 1.08 bits per heavy atom. The van der Waals surface area contributed by atoms with E-state index in [1.807, 2.05) is 43.3 Å². The van der Waals surface area contributed by atoms with Crippen molar-refractivity contribution in [2.75, 3.05) is 11.9 Å². The summed E-state index contributed by atoms with van der Waals surface area (Å²) in [6.45, 7) is 4.49. The molecule has 0 saturated heterocycles. The predicted molar refractivity (Wildman–Crippen MR) is 151 cm³/mol. The Labute approximate surface area is 231 Å². The number of nitriles is 1. The second-order valence-corrected chi connectivity index (χ2v) is 10.4. The van der Waals surface area contributed by atoms with Crippen LogP contribution in [0.2, 0.25) is 0 Å². The molecule has 1 aromatic heterocycles. The lowest BCUT2D eigenvalue weighted by Gasteiger charge is -2.25. The van der Waals surface area contributed by atoms with Gasteiger partial charge in [-0.1, -0.05) is 60.2 Å². The lowest BCUT2D eigenvalue weighted by atomic mass is 10.1. The normalized spacial score (nSPS) is 13.3. The number of hydrogen-bond donors (Lipinski definition) is 1. The number of aryl methyl sites for hydroxylation is 1. The van der Waals surface area contributed by atoms with E-state index in [0.29, 0.717) is 22.0 Å². The van der Waals surface area contributed by atoms with Gasteiger partial charge in [-0.15, -0.1) is 11.3 Å². The molecule has 0 saturated carbocycles. The zero-order chi connectivity index (χ0) is 27.2. The number of fused-ring (bicyclic) bond motifs is 1. The Balaban J connectivity index is 1.20. The largest absolute Gasteiger partial charge is 0.423 e. The summed E-state index contributed by atoms with van der Waals surface area (Å²) in [7, 11) is 0. The molecule has 39 heavy (non-hydrogen) atoms. The highest BCUT2D eigenvalue weighted by molar-refractivity contribution is 7.15. The number of thiazole rings is 1. The second-order valence-electron chi connectivity index (χ2n) is 9.28. The van der Waals surface area contributed by atoms with E-state index in [0.717, 1.165) is 42.2 Å². The van der Waals surface area contributed by atoms with Crippen LogP contribution in [0.25, 0.3) is 6.08 Å². The molecule has 0 atom stereocenters. The van der Waals surface area contributed by atoms with Gasteiger partial charge >= 0.3 is 5.97 Å². The lowest BCUT2D eigenvalue weighted by molar-refractivity contribution is -0.112. The van der Waals surface area contributed by atoms with E-state index in [2.05, 4.69) is 27.3 Å². The fourth-order valence-electron chi connectivity index (χ4n) is 4.25. The summed E-state index contributed by atoms with van der Waals surface area (Å²) in [5.74, 6) is -0.598. The highest BCUT2D eigenvalue weighted by Gasteiger charge is 2.22. The van der Waals surface area contributed by atoms with Crippen molar-refractivity contribution in [3.8, 4) is 11.8 Å². The number of esters is 1. The number of hydrogen-bond acceptors (Lipinski definition) is 7. The molecule has 0 spiro atoms. The summed E-state index contributed by atoms with van der Waals surface area (Å²) in [6.07, 6.45) is 2.31. The number of nitrogens with zero attached hydrogens (tertiary/aromatic N) is 3. The molecule has 0 aliphatic carbocycles. The molecule has 194 valence electrons. The van der Waals surface area contributed by atoms with Gasteiger partial charge < -0.3 is 4.74 Å². The molecule has 0 unspecified atom stereocenters. The monoisotopic (exact) mass is 534 g/mol. The van der Waals surface area contributed by atoms with Crippen LogP contribution >= 0.6 is 11.3 Å². The third kappa shape index (κ3) is 6.65. The molecule has 1 aliphatic heterocycles. The van der Waals surface area contributed by atoms with Crippen molar-refractivity contribution in [3.05, 3.63) is 117 Å². The topological polar surface area (TPSA) is 95.3 Å². The lowest BCUT2D eigenvalue weighted by Crippen LogP contribution is -2.29. The molecule has 1 aliphatic rings. The minimum Gasteiger partial charge on any atom is -0.423 e. The molecule has 0 fully saturated rings. The third-order valence-corrected chi connectivity index (χ3v) is 7.33. The first-order valence-electron chi connectivity index (χ1n) is 12.5. The summed E-state index contributed by atoms with van der Waals surface area (Å²) in [5.41, 5.74) is 4.36. The van der Waals surface area contributed by atoms with Gasteiger partial charge in [0.05, 0.1) is 11.3 Å². The third-order valence-electron chi connectivity index (χ3n) is 6.33. The number of rotatable bonds is 7. The standard InChI is InChI=1S/C31H26N4O3S/c1-21-7-11-24(12-8-21)30(37)38-26-13-9-22(10-14-26)17-25(18-32)29(36)34-31-33-27-15-16-35(20-28(27)39-31)19-23-5-3-2-4-6-23/h2-14,17H,15-16,19-20H2,1H3,(H,33,34,36). The number of carbonyl (C=O) groups excluding carboxylic acids is 2. The van der Waals surface area contributed by atoms with Crippen molar-refractivity contribution in [1.29, 1.82) is 5.26 Å². The molecular formula is C31H26N4O3S. The maximum atomic E-state index is 12.8. The van der Waals surface area contributed by atoms with Crippen LogP contribution in [-0.2, 0) is 24.3 Å². The maximum Gasteiger partial charge on any atom is 0.343 e. The SMILES string of the molecule is Cc1ccc(C(=O)Oc2ccc(C=C(C#N)C(=O)Nc3nc4c(s3)CN(Cc3ccccc3)CC4)cc2)cc1. The first-order valence-corrected chi connectivity index (χ1v) is 13.4. The smallest absolute Gasteiger partial charge is 0.343 e. The van der Waals surface area contributed by atoms with Crippen LogP contribution in [0.1, 0.15) is 37.6 Å². The van der Waals surface area contributed by atoms with E-state index >= 15 is 0 Å². The highest BCUT2D eigenvalue weighted by atomic mass is 32.1. The van der Waals surface area contributed by atoms with Gasteiger partial charge in [0, 0.05) is 30.9 Å². The number of carbonyl (C=O) groups is 2. The first-order chi connectivity index (χ1) is 19.0. The van der Waals surface area contributed by atoms with Crippen LogP contribution < -0.4 is 10.1 Å². The summed E-state index contributed by atoms with van der Waals surface area (Å²) >= 11 is 1.45. The van der Waals surface area contributed by atoms with Crippen molar-refractivity contribution < 1.29 is 14.3 Å². The van der Waals surface area contributed by atoms with Crippen LogP contribution in [-0.4, -0.2) is 28.3 Å². The van der Waals surface area contributed by atoms with Crippen LogP contribution in [0, 0.1) is 18.3 Å². The van der Waals surface area contributed by atoms with Crippen LogP contribution in [0.15, 0.2) is 84.4 Å².